The lowest BCUT2D eigenvalue weighted by molar-refractivity contribution is -0.116. The maximum absolute atomic E-state index is 12.8. The molecule has 0 spiro atoms. The second-order valence-electron chi connectivity index (χ2n) is 8.11. The van der Waals surface area contributed by atoms with Gasteiger partial charge < -0.3 is 5.32 Å². The van der Waals surface area contributed by atoms with Crippen LogP contribution in [0.15, 0.2) is 89.8 Å². The molecule has 2 N–H and O–H groups in total. The van der Waals surface area contributed by atoms with E-state index in [0.717, 1.165) is 36.8 Å². The summed E-state index contributed by atoms with van der Waals surface area (Å²) in [6, 6.07) is 26.2. The highest BCUT2D eigenvalue weighted by Gasteiger charge is 2.19. The second kappa shape index (κ2) is 12.3. The van der Waals surface area contributed by atoms with Crippen molar-refractivity contribution in [3.63, 3.8) is 0 Å². The van der Waals surface area contributed by atoms with Crippen LogP contribution in [0, 0.1) is 0 Å². The van der Waals surface area contributed by atoms with Crippen molar-refractivity contribution in [3.8, 4) is 0 Å². The molecule has 0 aliphatic rings. The van der Waals surface area contributed by atoms with Crippen molar-refractivity contribution in [2.45, 2.75) is 49.8 Å². The van der Waals surface area contributed by atoms with Gasteiger partial charge in [-0.1, -0.05) is 86.8 Å². The van der Waals surface area contributed by atoms with Crippen molar-refractivity contribution >= 4 is 21.6 Å². The number of carbonyl (C=O) groups excluding carboxylic acids is 1. The Morgan fingerprint density at radius 3 is 1.91 bits per heavy atom. The Balaban J connectivity index is 1.62. The van der Waals surface area contributed by atoms with Crippen LogP contribution in [0.4, 0.5) is 5.69 Å². The van der Waals surface area contributed by atoms with Gasteiger partial charge in [0.05, 0.1) is 4.90 Å². The van der Waals surface area contributed by atoms with Gasteiger partial charge in [-0.3, -0.25) is 4.79 Å². The van der Waals surface area contributed by atoms with Crippen LogP contribution in [0.1, 0.15) is 56.1 Å². The van der Waals surface area contributed by atoms with E-state index in [4.69, 9.17) is 0 Å². The number of hydrogen-bond acceptors (Lipinski definition) is 3. The monoisotopic (exact) mass is 464 g/mol. The third-order valence-electron chi connectivity index (χ3n) is 5.56. The fourth-order valence-corrected chi connectivity index (χ4v) is 4.83. The van der Waals surface area contributed by atoms with Gasteiger partial charge in [0.1, 0.15) is 0 Å². The topological polar surface area (TPSA) is 75.3 Å². The highest BCUT2D eigenvalue weighted by Crippen LogP contribution is 2.28. The van der Waals surface area contributed by atoms with Gasteiger partial charge in [0.2, 0.25) is 15.9 Å². The molecule has 0 aliphatic heterocycles. The molecule has 0 saturated carbocycles. The predicted molar refractivity (Wildman–Crippen MR) is 134 cm³/mol. The molecule has 0 atom stereocenters. The molecule has 33 heavy (non-hydrogen) atoms. The zero-order valence-electron chi connectivity index (χ0n) is 19.0. The van der Waals surface area contributed by atoms with Crippen molar-refractivity contribution in [2.24, 2.45) is 0 Å². The minimum atomic E-state index is -3.55. The van der Waals surface area contributed by atoms with Crippen molar-refractivity contribution in [3.05, 3.63) is 96.1 Å². The Morgan fingerprint density at radius 1 is 0.788 bits per heavy atom. The minimum absolute atomic E-state index is 0.0658. The number of benzene rings is 3. The molecule has 0 fully saturated rings. The Hall–Kier alpha value is -2.96. The number of sulfonamides is 1. The van der Waals surface area contributed by atoms with E-state index in [-0.39, 0.29) is 23.1 Å². The largest absolute Gasteiger partial charge is 0.326 e. The zero-order valence-corrected chi connectivity index (χ0v) is 19.9. The fraction of sp³-hybridized carbons (Fsp3) is 0.296. The van der Waals surface area contributed by atoms with Crippen LogP contribution >= 0.6 is 0 Å². The summed E-state index contributed by atoms with van der Waals surface area (Å²) in [5.41, 5.74) is 2.72. The van der Waals surface area contributed by atoms with E-state index >= 15 is 0 Å². The summed E-state index contributed by atoms with van der Waals surface area (Å²) in [5, 5.41) is 2.90. The number of unbranched alkanes of at least 4 members (excludes halogenated alkanes) is 3. The van der Waals surface area contributed by atoms with E-state index in [2.05, 4.69) is 17.0 Å². The summed E-state index contributed by atoms with van der Waals surface area (Å²) in [6.07, 6.45) is 4.33. The molecule has 0 bridgehead atoms. The van der Waals surface area contributed by atoms with Gasteiger partial charge in [-0.05, 0) is 41.8 Å². The van der Waals surface area contributed by atoms with E-state index in [1.165, 1.54) is 12.1 Å². The van der Waals surface area contributed by atoms with Crippen LogP contribution in [0.25, 0.3) is 0 Å². The Morgan fingerprint density at radius 2 is 1.36 bits per heavy atom. The maximum Gasteiger partial charge on any atom is 0.240 e. The molecule has 6 heteroatoms. The van der Waals surface area contributed by atoms with E-state index in [1.807, 2.05) is 60.7 Å². The third kappa shape index (κ3) is 7.55. The van der Waals surface area contributed by atoms with Crippen molar-refractivity contribution in [1.82, 2.24) is 4.72 Å². The van der Waals surface area contributed by atoms with Gasteiger partial charge in [0.25, 0.3) is 0 Å². The average Bonchev–Trinajstić information content (AvgIpc) is 2.84. The number of carbonyl (C=O) groups is 1. The first-order valence-corrected chi connectivity index (χ1v) is 13.0. The molecule has 3 rings (SSSR count). The summed E-state index contributed by atoms with van der Waals surface area (Å²) in [6.45, 7) is 2.55. The van der Waals surface area contributed by atoms with Crippen molar-refractivity contribution in [1.29, 1.82) is 0 Å². The molecule has 174 valence electrons. The summed E-state index contributed by atoms with van der Waals surface area (Å²) >= 11 is 0. The molecule has 0 aromatic heterocycles. The first-order valence-electron chi connectivity index (χ1n) is 11.5. The molecule has 1 amide bonds. The number of rotatable bonds is 12. The number of nitrogens with one attached hydrogen (secondary N) is 2. The Labute approximate surface area is 197 Å². The van der Waals surface area contributed by atoms with Gasteiger partial charge in [0, 0.05) is 24.6 Å². The van der Waals surface area contributed by atoms with Gasteiger partial charge >= 0.3 is 0 Å². The quantitative estimate of drug-likeness (QED) is 0.337. The first kappa shape index (κ1) is 24.7. The average molecular weight is 465 g/mol. The van der Waals surface area contributed by atoms with Gasteiger partial charge in [0.15, 0.2) is 0 Å². The van der Waals surface area contributed by atoms with Crippen LogP contribution in [-0.2, 0) is 14.8 Å². The summed E-state index contributed by atoms with van der Waals surface area (Å²) in [7, 11) is -3.55. The second-order valence-corrected chi connectivity index (χ2v) is 9.88. The molecule has 0 unspecified atom stereocenters. The maximum atomic E-state index is 12.8. The zero-order chi connectivity index (χ0) is 23.5. The normalized spacial score (nSPS) is 11.5. The van der Waals surface area contributed by atoms with Crippen LogP contribution in [0.3, 0.4) is 0 Å². The molecule has 5 nitrogen and oxygen atoms in total. The van der Waals surface area contributed by atoms with Crippen LogP contribution < -0.4 is 10.0 Å². The number of amides is 1. The fourth-order valence-electron chi connectivity index (χ4n) is 3.76. The summed E-state index contributed by atoms with van der Waals surface area (Å²) in [4.78, 5) is 13.0. The standard InChI is InChI=1S/C27H32N2O3S/c1-2-3-4-11-20-28-33(31,32)25-18-16-24(17-19-25)29-27(30)21-26(22-12-7-5-8-13-22)23-14-9-6-10-15-23/h5-10,12-19,26,28H,2-4,11,20-21H2,1H3,(H,29,30). The number of anilines is 1. The lowest BCUT2D eigenvalue weighted by Crippen LogP contribution is -2.24. The molecular formula is C27H32N2O3S. The highest BCUT2D eigenvalue weighted by atomic mass is 32.2. The lowest BCUT2D eigenvalue weighted by Gasteiger charge is -2.18. The van der Waals surface area contributed by atoms with E-state index in [9.17, 15) is 13.2 Å². The van der Waals surface area contributed by atoms with E-state index in [1.54, 1.807) is 12.1 Å². The molecule has 0 heterocycles. The van der Waals surface area contributed by atoms with Crippen LogP contribution in [0.5, 0.6) is 0 Å². The van der Waals surface area contributed by atoms with Gasteiger partial charge in [-0.25, -0.2) is 13.1 Å². The van der Waals surface area contributed by atoms with Gasteiger partial charge in [-0.15, -0.1) is 0 Å². The Bertz CT molecular complexity index is 1060. The third-order valence-corrected chi connectivity index (χ3v) is 7.04. The predicted octanol–water partition coefficient (Wildman–Crippen LogP) is 5.71. The summed E-state index contributed by atoms with van der Waals surface area (Å²) in [5.74, 6) is -0.193. The summed E-state index contributed by atoms with van der Waals surface area (Å²) < 4.78 is 27.6. The minimum Gasteiger partial charge on any atom is -0.326 e. The Kier molecular flexibility index (Phi) is 9.22. The molecule has 0 aliphatic carbocycles. The molecule has 0 saturated heterocycles. The molecular weight excluding hydrogens is 432 g/mol. The van der Waals surface area contributed by atoms with Gasteiger partial charge in [-0.2, -0.15) is 0 Å². The molecule has 3 aromatic carbocycles. The molecule has 3 aromatic rings. The highest BCUT2D eigenvalue weighted by molar-refractivity contribution is 7.89. The molecule has 0 radical (unpaired) electrons. The van der Waals surface area contributed by atoms with Crippen molar-refractivity contribution < 1.29 is 13.2 Å². The van der Waals surface area contributed by atoms with E-state index in [0.29, 0.717) is 12.2 Å². The van der Waals surface area contributed by atoms with Crippen LogP contribution in [-0.4, -0.2) is 20.9 Å². The van der Waals surface area contributed by atoms with Crippen molar-refractivity contribution in [2.75, 3.05) is 11.9 Å². The smallest absolute Gasteiger partial charge is 0.240 e. The van der Waals surface area contributed by atoms with Crippen LogP contribution in [0.2, 0.25) is 0 Å². The SMILES string of the molecule is CCCCCCNS(=O)(=O)c1ccc(NC(=O)CC(c2ccccc2)c2ccccc2)cc1. The lowest BCUT2D eigenvalue weighted by atomic mass is 9.88. The first-order chi connectivity index (χ1) is 16.0. The number of hydrogen-bond donors (Lipinski definition) is 2. The van der Waals surface area contributed by atoms with E-state index < -0.39 is 10.0 Å².